The molecule has 0 aromatic heterocycles. The Morgan fingerprint density at radius 3 is 2.38 bits per heavy atom. The highest BCUT2D eigenvalue weighted by atomic mass is 16.4. The highest BCUT2D eigenvalue weighted by molar-refractivity contribution is 5.96. The Labute approximate surface area is 122 Å². The zero-order chi connectivity index (χ0) is 15.8. The number of nitrogens with one attached hydrogen (secondary N) is 1. The molecule has 7 nitrogen and oxygen atoms in total. The van der Waals surface area contributed by atoms with Crippen LogP contribution in [0.1, 0.15) is 23.7 Å². The first-order chi connectivity index (χ1) is 9.93. The summed E-state index contributed by atoms with van der Waals surface area (Å²) in [6.45, 7) is 2.10. The molecule has 1 aromatic carbocycles. The van der Waals surface area contributed by atoms with Crippen molar-refractivity contribution in [2.45, 2.75) is 13.3 Å². The molecule has 0 spiro atoms. The van der Waals surface area contributed by atoms with E-state index in [-0.39, 0.29) is 31.3 Å². The van der Waals surface area contributed by atoms with Gasteiger partial charge in [0.05, 0.1) is 13.0 Å². The maximum absolute atomic E-state index is 11.9. The molecule has 0 saturated heterocycles. The number of nitrogens with two attached hydrogens (primary N) is 1. The third-order valence-electron chi connectivity index (χ3n) is 2.90. The van der Waals surface area contributed by atoms with E-state index in [0.29, 0.717) is 17.8 Å². The second-order valence-corrected chi connectivity index (χ2v) is 4.42. The molecule has 1 aromatic rings. The van der Waals surface area contributed by atoms with E-state index in [1.54, 1.807) is 31.2 Å². The minimum absolute atomic E-state index is 0.120. The van der Waals surface area contributed by atoms with Gasteiger partial charge < -0.3 is 21.1 Å². The van der Waals surface area contributed by atoms with E-state index in [1.807, 2.05) is 0 Å². The topological polar surface area (TPSA) is 113 Å². The molecule has 0 aliphatic heterocycles. The second kappa shape index (κ2) is 7.88. The predicted molar refractivity (Wildman–Crippen MR) is 77.7 cm³/mol. The number of likely N-dealkylation sites (N-methyl/N-ethyl adjacent to an activating group) is 1. The number of nitrogen functional groups attached to an aromatic ring is 1. The average Bonchev–Trinajstić information content (AvgIpc) is 2.45. The van der Waals surface area contributed by atoms with Gasteiger partial charge in [-0.2, -0.15) is 0 Å². The van der Waals surface area contributed by atoms with Crippen LogP contribution in [0.4, 0.5) is 5.69 Å². The number of aliphatic carboxylic acids is 1. The van der Waals surface area contributed by atoms with Crippen molar-refractivity contribution in [1.82, 2.24) is 10.2 Å². The number of anilines is 1. The van der Waals surface area contributed by atoms with Crippen molar-refractivity contribution in [3.05, 3.63) is 29.8 Å². The van der Waals surface area contributed by atoms with Crippen LogP contribution in [0, 0.1) is 0 Å². The normalized spacial score (nSPS) is 9.95. The summed E-state index contributed by atoms with van der Waals surface area (Å²) >= 11 is 0. The SMILES string of the molecule is CCN(CCC(=O)O)C(=O)CNC(=O)c1ccc(N)cc1. The maximum Gasteiger partial charge on any atom is 0.305 e. The monoisotopic (exact) mass is 293 g/mol. The number of rotatable bonds is 7. The van der Waals surface area contributed by atoms with Crippen molar-refractivity contribution >= 4 is 23.5 Å². The fraction of sp³-hybridized carbons (Fsp3) is 0.357. The van der Waals surface area contributed by atoms with Crippen molar-refractivity contribution in [3.8, 4) is 0 Å². The van der Waals surface area contributed by atoms with Crippen LogP contribution < -0.4 is 11.1 Å². The van der Waals surface area contributed by atoms with Crippen molar-refractivity contribution < 1.29 is 19.5 Å². The van der Waals surface area contributed by atoms with Crippen molar-refractivity contribution in [3.63, 3.8) is 0 Å². The molecule has 0 bridgehead atoms. The minimum Gasteiger partial charge on any atom is -0.481 e. The van der Waals surface area contributed by atoms with Crippen molar-refractivity contribution in [2.75, 3.05) is 25.4 Å². The predicted octanol–water partition coefficient (Wildman–Crippen LogP) is 0.322. The van der Waals surface area contributed by atoms with Crippen molar-refractivity contribution in [2.24, 2.45) is 0 Å². The molecule has 7 heteroatoms. The van der Waals surface area contributed by atoms with Gasteiger partial charge in [0.1, 0.15) is 0 Å². The molecule has 0 heterocycles. The van der Waals surface area contributed by atoms with Crippen LogP contribution in [0.2, 0.25) is 0 Å². The van der Waals surface area contributed by atoms with Crippen LogP contribution in [-0.4, -0.2) is 47.4 Å². The molecule has 1 rings (SSSR count). The van der Waals surface area contributed by atoms with Gasteiger partial charge in [0, 0.05) is 24.3 Å². The van der Waals surface area contributed by atoms with Crippen LogP contribution in [0.25, 0.3) is 0 Å². The Morgan fingerprint density at radius 2 is 1.86 bits per heavy atom. The first-order valence-corrected chi connectivity index (χ1v) is 6.57. The molecule has 0 radical (unpaired) electrons. The molecule has 4 N–H and O–H groups in total. The lowest BCUT2D eigenvalue weighted by molar-refractivity contribution is -0.138. The van der Waals surface area contributed by atoms with Crippen molar-refractivity contribution in [1.29, 1.82) is 0 Å². The minimum atomic E-state index is -0.966. The molecule has 0 aliphatic rings. The number of carboxylic acid groups (broad SMARTS) is 1. The van der Waals surface area contributed by atoms with Gasteiger partial charge in [-0.25, -0.2) is 0 Å². The molecule has 0 aliphatic carbocycles. The lowest BCUT2D eigenvalue weighted by Gasteiger charge is -2.20. The summed E-state index contributed by atoms with van der Waals surface area (Å²) in [5.41, 5.74) is 6.48. The van der Waals surface area contributed by atoms with Gasteiger partial charge in [0.25, 0.3) is 5.91 Å². The van der Waals surface area contributed by atoms with Gasteiger partial charge in [0.15, 0.2) is 0 Å². The van der Waals surface area contributed by atoms with Crippen LogP contribution in [0.15, 0.2) is 24.3 Å². The van der Waals surface area contributed by atoms with Crippen LogP contribution in [-0.2, 0) is 9.59 Å². The Bertz CT molecular complexity index is 513. The third kappa shape index (κ3) is 5.52. The average molecular weight is 293 g/mol. The molecule has 114 valence electrons. The summed E-state index contributed by atoms with van der Waals surface area (Å²) in [6, 6.07) is 6.33. The summed E-state index contributed by atoms with van der Waals surface area (Å²) in [5, 5.41) is 11.1. The first kappa shape index (κ1) is 16.5. The summed E-state index contributed by atoms with van der Waals surface area (Å²) in [6.07, 6.45) is -0.120. The zero-order valence-corrected chi connectivity index (χ0v) is 11.8. The lowest BCUT2D eigenvalue weighted by Crippen LogP contribution is -2.41. The number of carboxylic acids is 1. The van der Waals surface area contributed by atoms with Gasteiger partial charge >= 0.3 is 5.97 Å². The lowest BCUT2D eigenvalue weighted by atomic mass is 10.2. The molecular formula is C14H19N3O4. The largest absolute Gasteiger partial charge is 0.481 e. The summed E-state index contributed by atoms with van der Waals surface area (Å²) in [7, 11) is 0. The van der Waals surface area contributed by atoms with E-state index >= 15 is 0 Å². The number of carbonyl (C=O) groups excluding carboxylic acids is 2. The van der Waals surface area contributed by atoms with E-state index in [0.717, 1.165) is 0 Å². The number of hydrogen-bond donors (Lipinski definition) is 3. The fourth-order valence-electron chi connectivity index (χ4n) is 1.69. The molecular weight excluding hydrogens is 274 g/mol. The Morgan fingerprint density at radius 1 is 1.24 bits per heavy atom. The highest BCUT2D eigenvalue weighted by Gasteiger charge is 2.14. The smallest absolute Gasteiger partial charge is 0.305 e. The number of carbonyl (C=O) groups is 3. The standard InChI is InChI=1S/C14H19N3O4/c1-2-17(8-7-13(19)20)12(18)9-16-14(21)10-3-5-11(15)6-4-10/h3-6H,2,7-9,15H2,1H3,(H,16,21)(H,19,20). The number of amides is 2. The molecule has 21 heavy (non-hydrogen) atoms. The molecule has 0 saturated carbocycles. The van der Waals surface area contributed by atoms with E-state index in [1.165, 1.54) is 4.90 Å². The zero-order valence-electron chi connectivity index (χ0n) is 11.8. The second-order valence-electron chi connectivity index (χ2n) is 4.42. The number of hydrogen-bond acceptors (Lipinski definition) is 4. The summed E-state index contributed by atoms with van der Waals surface area (Å²) < 4.78 is 0. The van der Waals surface area contributed by atoms with Gasteiger partial charge in [-0.3, -0.25) is 14.4 Å². The van der Waals surface area contributed by atoms with Gasteiger partial charge in [0.2, 0.25) is 5.91 Å². The van der Waals surface area contributed by atoms with E-state index < -0.39 is 5.97 Å². The number of nitrogens with zero attached hydrogens (tertiary/aromatic N) is 1. The first-order valence-electron chi connectivity index (χ1n) is 6.57. The van der Waals surface area contributed by atoms with Crippen LogP contribution in [0.5, 0.6) is 0 Å². The molecule has 0 fully saturated rings. The quantitative estimate of drug-likeness (QED) is 0.627. The van der Waals surface area contributed by atoms with E-state index in [2.05, 4.69) is 5.32 Å². The summed E-state index contributed by atoms with van der Waals surface area (Å²) in [4.78, 5) is 35.6. The summed E-state index contributed by atoms with van der Waals surface area (Å²) in [5.74, 6) is -1.66. The molecule has 0 atom stereocenters. The Hall–Kier alpha value is -2.57. The Balaban J connectivity index is 2.48. The van der Waals surface area contributed by atoms with E-state index in [4.69, 9.17) is 10.8 Å². The molecule has 0 unspecified atom stereocenters. The van der Waals surface area contributed by atoms with Crippen LogP contribution >= 0.6 is 0 Å². The van der Waals surface area contributed by atoms with Gasteiger partial charge in [-0.05, 0) is 31.2 Å². The third-order valence-corrected chi connectivity index (χ3v) is 2.90. The van der Waals surface area contributed by atoms with Crippen LogP contribution in [0.3, 0.4) is 0 Å². The van der Waals surface area contributed by atoms with E-state index in [9.17, 15) is 14.4 Å². The highest BCUT2D eigenvalue weighted by Crippen LogP contribution is 2.05. The molecule has 2 amide bonds. The fourth-order valence-corrected chi connectivity index (χ4v) is 1.69. The van der Waals surface area contributed by atoms with Gasteiger partial charge in [-0.1, -0.05) is 0 Å². The Kier molecular flexibility index (Phi) is 6.19. The van der Waals surface area contributed by atoms with Gasteiger partial charge in [-0.15, -0.1) is 0 Å². The number of benzene rings is 1. The maximum atomic E-state index is 11.9.